The van der Waals surface area contributed by atoms with E-state index in [9.17, 15) is 0 Å². The van der Waals surface area contributed by atoms with Gasteiger partial charge in [-0.15, -0.1) is 0 Å². The summed E-state index contributed by atoms with van der Waals surface area (Å²) in [5.74, 6) is 0. The molecular weight excluding hydrogens is 284 g/mol. The molecule has 0 unspecified atom stereocenters. The van der Waals surface area contributed by atoms with Gasteiger partial charge in [-0.2, -0.15) is 0 Å². The number of nitrogens with zero attached hydrogens (tertiary/aromatic N) is 2. The largest absolute Gasteiger partial charge is 0.263 e. The molecule has 0 radical (unpaired) electrons. The zero-order chi connectivity index (χ0) is 8.55. The van der Waals surface area contributed by atoms with E-state index in [-0.39, 0.29) is 0 Å². The highest BCUT2D eigenvalue weighted by atomic mass is 79.9. The number of pyridine rings is 2. The molecule has 2 nitrogen and oxygen atoms in total. The Labute approximate surface area is 86.3 Å². The summed E-state index contributed by atoms with van der Waals surface area (Å²) in [6.07, 6.45) is 7.14. The van der Waals surface area contributed by atoms with Crippen LogP contribution in [-0.2, 0) is 0 Å². The minimum atomic E-state index is 0.966. The lowest BCUT2D eigenvalue weighted by Crippen LogP contribution is -1.81. The Kier molecular flexibility index (Phi) is 2.11. The second-order valence-corrected chi connectivity index (χ2v) is 4.05. The number of fused-ring (bicyclic) bond motifs is 1. The van der Waals surface area contributed by atoms with Crippen LogP contribution in [0.2, 0.25) is 0 Å². The van der Waals surface area contributed by atoms with Crippen molar-refractivity contribution in [3.05, 3.63) is 33.7 Å². The molecule has 0 bridgehead atoms. The van der Waals surface area contributed by atoms with Gasteiger partial charge < -0.3 is 0 Å². The van der Waals surface area contributed by atoms with Crippen molar-refractivity contribution in [1.82, 2.24) is 9.97 Å². The molecule has 0 spiro atoms. The third-order valence-electron chi connectivity index (χ3n) is 1.59. The van der Waals surface area contributed by atoms with E-state index in [4.69, 9.17) is 0 Å². The van der Waals surface area contributed by atoms with Crippen LogP contribution >= 0.6 is 31.9 Å². The van der Waals surface area contributed by atoms with E-state index < -0.39 is 0 Å². The summed E-state index contributed by atoms with van der Waals surface area (Å²) >= 11 is 6.82. The van der Waals surface area contributed by atoms with Crippen LogP contribution < -0.4 is 0 Å². The van der Waals surface area contributed by atoms with E-state index in [0.29, 0.717) is 0 Å². The van der Waals surface area contributed by atoms with Crippen molar-refractivity contribution in [3.63, 3.8) is 0 Å². The van der Waals surface area contributed by atoms with Gasteiger partial charge in [0.25, 0.3) is 0 Å². The molecule has 0 saturated carbocycles. The van der Waals surface area contributed by atoms with Gasteiger partial charge in [-0.05, 0) is 31.9 Å². The van der Waals surface area contributed by atoms with Gasteiger partial charge in [-0.1, -0.05) is 0 Å². The molecule has 0 aliphatic rings. The summed E-state index contributed by atoms with van der Waals surface area (Å²) in [4.78, 5) is 8.14. The molecule has 0 aliphatic carbocycles. The van der Waals surface area contributed by atoms with Crippen LogP contribution in [0.3, 0.4) is 0 Å². The summed E-state index contributed by atoms with van der Waals surface area (Å²) in [5, 5.41) is 2.14. The predicted octanol–water partition coefficient (Wildman–Crippen LogP) is 3.15. The minimum Gasteiger partial charge on any atom is -0.263 e. The molecule has 4 heteroatoms. The van der Waals surface area contributed by atoms with Crippen LogP contribution in [0.1, 0.15) is 0 Å². The molecule has 60 valence electrons. The summed E-state index contributed by atoms with van der Waals surface area (Å²) in [6, 6.07) is 0. The maximum Gasteiger partial charge on any atom is 0.0453 e. The van der Waals surface area contributed by atoms with E-state index in [1.54, 1.807) is 12.4 Å². The lowest BCUT2D eigenvalue weighted by atomic mass is 10.2. The zero-order valence-corrected chi connectivity index (χ0v) is 9.13. The molecule has 0 amide bonds. The van der Waals surface area contributed by atoms with Crippen molar-refractivity contribution >= 4 is 42.6 Å². The van der Waals surface area contributed by atoms with Gasteiger partial charge in [0.2, 0.25) is 0 Å². The second-order valence-electron chi connectivity index (χ2n) is 2.34. The monoisotopic (exact) mass is 286 g/mol. The molecule has 0 aliphatic heterocycles. The van der Waals surface area contributed by atoms with Crippen LogP contribution in [0, 0.1) is 0 Å². The van der Waals surface area contributed by atoms with E-state index >= 15 is 0 Å². The Morgan fingerprint density at radius 1 is 0.750 bits per heavy atom. The molecule has 2 heterocycles. The normalized spacial score (nSPS) is 10.5. The lowest BCUT2D eigenvalue weighted by molar-refractivity contribution is 1.30. The maximum absolute atomic E-state index is 4.07. The Hall–Kier alpha value is -0.480. The standard InChI is InChI=1S/C8H4Br2N2/c9-7-4-12-2-6-5(7)1-11-3-8(6)10/h1-4H. The predicted molar refractivity (Wildman–Crippen MR) is 54.9 cm³/mol. The highest BCUT2D eigenvalue weighted by Crippen LogP contribution is 2.26. The van der Waals surface area contributed by atoms with Crippen molar-refractivity contribution < 1.29 is 0 Å². The van der Waals surface area contributed by atoms with Crippen LogP contribution in [0.25, 0.3) is 10.8 Å². The summed E-state index contributed by atoms with van der Waals surface area (Å²) in [6.45, 7) is 0. The number of halogens is 2. The second kappa shape index (κ2) is 3.11. The molecule has 2 rings (SSSR count). The van der Waals surface area contributed by atoms with Crippen LogP contribution in [0.4, 0.5) is 0 Å². The third-order valence-corrected chi connectivity index (χ3v) is 2.85. The van der Waals surface area contributed by atoms with E-state index in [0.717, 1.165) is 19.7 Å². The first kappa shape index (κ1) is 8.13. The van der Waals surface area contributed by atoms with E-state index in [1.165, 1.54) is 0 Å². The molecule has 0 fully saturated rings. The maximum atomic E-state index is 4.07. The Morgan fingerprint density at radius 2 is 1.17 bits per heavy atom. The average molecular weight is 288 g/mol. The fourth-order valence-corrected chi connectivity index (χ4v) is 1.88. The highest BCUT2D eigenvalue weighted by molar-refractivity contribution is 9.11. The van der Waals surface area contributed by atoms with Gasteiger partial charge in [-0.25, -0.2) is 0 Å². The van der Waals surface area contributed by atoms with Crippen molar-refractivity contribution in [1.29, 1.82) is 0 Å². The van der Waals surface area contributed by atoms with Gasteiger partial charge in [0.05, 0.1) is 0 Å². The first-order valence-electron chi connectivity index (χ1n) is 3.32. The minimum absolute atomic E-state index is 0.966. The van der Waals surface area contributed by atoms with Crippen molar-refractivity contribution in [2.75, 3.05) is 0 Å². The molecule has 0 N–H and O–H groups in total. The number of hydrogen-bond acceptors (Lipinski definition) is 2. The molecule has 2 aromatic heterocycles. The Balaban J connectivity index is 2.94. The molecular formula is C8H4Br2N2. The number of rotatable bonds is 0. The number of hydrogen-bond donors (Lipinski definition) is 0. The van der Waals surface area contributed by atoms with Gasteiger partial charge in [0.15, 0.2) is 0 Å². The smallest absolute Gasteiger partial charge is 0.0453 e. The SMILES string of the molecule is Brc1cncc2c(Br)cncc12. The first-order chi connectivity index (χ1) is 5.79. The number of aromatic nitrogens is 2. The first-order valence-corrected chi connectivity index (χ1v) is 4.90. The molecule has 0 atom stereocenters. The van der Waals surface area contributed by atoms with E-state index in [2.05, 4.69) is 41.8 Å². The quantitative estimate of drug-likeness (QED) is 0.744. The van der Waals surface area contributed by atoms with Crippen LogP contribution in [-0.4, -0.2) is 9.97 Å². The van der Waals surface area contributed by atoms with Crippen LogP contribution in [0.15, 0.2) is 33.7 Å². The van der Waals surface area contributed by atoms with Gasteiger partial charge in [0, 0.05) is 44.5 Å². The van der Waals surface area contributed by atoms with Gasteiger partial charge in [-0.3, -0.25) is 9.97 Å². The van der Waals surface area contributed by atoms with Gasteiger partial charge >= 0.3 is 0 Å². The summed E-state index contributed by atoms with van der Waals surface area (Å²) in [7, 11) is 0. The third kappa shape index (κ3) is 1.25. The fourth-order valence-electron chi connectivity index (χ4n) is 1.01. The summed E-state index contributed by atoms with van der Waals surface area (Å²) < 4.78 is 1.93. The zero-order valence-electron chi connectivity index (χ0n) is 5.96. The Bertz CT molecular complexity index is 387. The van der Waals surface area contributed by atoms with Crippen LogP contribution in [0.5, 0.6) is 0 Å². The molecule has 2 aromatic rings. The highest BCUT2D eigenvalue weighted by Gasteiger charge is 2.01. The van der Waals surface area contributed by atoms with Crippen molar-refractivity contribution in [3.8, 4) is 0 Å². The summed E-state index contributed by atoms with van der Waals surface area (Å²) in [5.41, 5.74) is 0. The van der Waals surface area contributed by atoms with E-state index in [1.807, 2.05) is 12.4 Å². The Morgan fingerprint density at radius 3 is 1.58 bits per heavy atom. The molecule has 0 saturated heterocycles. The van der Waals surface area contributed by atoms with Gasteiger partial charge in [0.1, 0.15) is 0 Å². The topological polar surface area (TPSA) is 25.8 Å². The molecule has 0 aromatic carbocycles. The van der Waals surface area contributed by atoms with Crippen molar-refractivity contribution in [2.24, 2.45) is 0 Å². The van der Waals surface area contributed by atoms with Crippen molar-refractivity contribution in [2.45, 2.75) is 0 Å². The fraction of sp³-hybridized carbons (Fsp3) is 0. The lowest BCUT2D eigenvalue weighted by Gasteiger charge is -1.99. The average Bonchev–Trinajstić information content (AvgIpc) is 2.07. The molecule has 12 heavy (non-hydrogen) atoms.